The quantitative estimate of drug-likeness (QED) is 0.771. The zero-order chi connectivity index (χ0) is 17.7. The minimum absolute atomic E-state index is 0.123. The maximum atomic E-state index is 13.7. The molecule has 0 aromatic heterocycles. The Morgan fingerprint density at radius 1 is 1.39 bits per heavy atom. The van der Waals surface area contributed by atoms with Crippen molar-refractivity contribution >= 4 is 22.0 Å². The van der Waals surface area contributed by atoms with Crippen LogP contribution in [-0.2, 0) is 11.2 Å². The lowest BCUT2D eigenvalue weighted by Crippen LogP contribution is -2.43. The maximum Gasteiger partial charge on any atom is 0.407 e. The molecular formula is C17H25BrFNO3. The third-order valence-corrected chi connectivity index (χ3v) is 4.58. The van der Waals surface area contributed by atoms with Crippen molar-refractivity contribution in [3.05, 3.63) is 34.1 Å². The van der Waals surface area contributed by atoms with Crippen LogP contribution in [0.1, 0.15) is 39.7 Å². The minimum Gasteiger partial charge on any atom is -0.444 e. The first kappa shape index (κ1) is 19.9. The molecule has 2 N–H and O–H groups in total. The number of aliphatic hydroxyl groups excluding tert-OH is 1. The molecule has 1 atom stereocenters. The molecule has 1 aromatic rings. The summed E-state index contributed by atoms with van der Waals surface area (Å²) in [5.74, 6) is -0.342. The van der Waals surface area contributed by atoms with Crippen LogP contribution in [0.4, 0.5) is 9.18 Å². The molecule has 0 bridgehead atoms. The van der Waals surface area contributed by atoms with Gasteiger partial charge in [-0.25, -0.2) is 9.18 Å². The van der Waals surface area contributed by atoms with E-state index in [4.69, 9.17) is 4.74 Å². The van der Waals surface area contributed by atoms with Gasteiger partial charge in [0.25, 0.3) is 0 Å². The Balaban J connectivity index is 2.83. The Bertz CT molecular complexity index is 539. The third kappa shape index (κ3) is 6.11. The van der Waals surface area contributed by atoms with E-state index in [-0.39, 0.29) is 19.0 Å². The summed E-state index contributed by atoms with van der Waals surface area (Å²) < 4.78 is 19.3. The van der Waals surface area contributed by atoms with Gasteiger partial charge in [0.15, 0.2) is 0 Å². The van der Waals surface area contributed by atoms with Crippen LogP contribution in [-0.4, -0.2) is 30.0 Å². The highest BCUT2D eigenvalue weighted by Crippen LogP contribution is 2.31. The predicted molar refractivity (Wildman–Crippen MR) is 91.9 cm³/mol. The van der Waals surface area contributed by atoms with E-state index in [0.29, 0.717) is 17.3 Å². The fraction of sp³-hybridized carbons (Fsp3) is 0.588. The lowest BCUT2D eigenvalue weighted by atomic mass is 9.80. The fourth-order valence-electron chi connectivity index (χ4n) is 2.20. The molecule has 0 heterocycles. The first-order valence-electron chi connectivity index (χ1n) is 7.63. The van der Waals surface area contributed by atoms with E-state index < -0.39 is 17.1 Å². The number of aliphatic hydroxyl groups is 1. The molecule has 0 fully saturated rings. The van der Waals surface area contributed by atoms with Crippen LogP contribution in [0.2, 0.25) is 0 Å². The Morgan fingerprint density at radius 2 is 2.04 bits per heavy atom. The number of carbonyl (C=O) groups excluding carboxylic acids is 1. The molecule has 0 spiro atoms. The predicted octanol–water partition coefficient (Wildman–Crippen LogP) is 4.04. The van der Waals surface area contributed by atoms with E-state index in [1.165, 1.54) is 6.07 Å². The van der Waals surface area contributed by atoms with Gasteiger partial charge < -0.3 is 15.2 Å². The molecule has 130 valence electrons. The third-order valence-electron chi connectivity index (χ3n) is 3.69. The standard InChI is InChI=1S/C17H25BrFNO3/c1-5-17(11-21,10-20-15(22)23-16(2,3)4)9-12-7-6-8-13(19)14(12)18/h6-8,21H,5,9-11H2,1-4H3,(H,20,22). The smallest absolute Gasteiger partial charge is 0.407 e. The van der Waals surface area contributed by atoms with Gasteiger partial charge in [0.05, 0.1) is 11.1 Å². The summed E-state index contributed by atoms with van der Waals surface area (Å²) in [4.78, 5) is 11.8. The Hall–Kier alpha value is -1.14. The first-order valence-corrected chi connectivity index (χ1v) is 8.42. The van der Waals surface area contributed by atoms with Crippen LogP contribution in [0.15, 0.2) is 22.7 Å². The van der Waals surface area contributed by atoms with Gasteiger partial charge in [-0.05, 0) is 61.2 Å². The maximum absolute atomic E-state index is 13.7. The summed E-state index contributed by atoms with van der Waals surface area (Å²) in [6.45, 7) is 7.42. The number of nitrogens with one attached hydrogen (secondary N) is 1. The molecule has 0 saturated heterocycles. The second-order valence-electron chi connectivity index (χ2n) is 6.76. The van der Waals surface area contributed by atoms with Crippen molar-refractivity contribution in [2.75, 3.05) is 13.2 Å². The summed E-state index contributed by atoms with van der Waals surface area (Å²) in [5.41, 5.74) is -0.399. The van der Waals surface area contributed by atoms with Gasteiger partial charge in [-0.3, -0.25) is 0 Å². The molecule has 0 saturated carbocycles. The number of alkyl carbamates (subject to hydrolysis) is 1. The zero-order valence-corrected chi connectivity index (χ0v) is 15.7. The van der Waals surface area contributed by atoms with Crippen LogP contribution in [0.3, 0.4) is 0 Å². The highest BCUT2D eigenvalue weighted by molar-refractivity contribution is 9.10. The molecule has 1 rings (SSSR count). The normalized spacial score (nSPS) is 14.2. The van der Waals surface area contributed by atoms with Gasteiger partial charge in [-0.15, -0.1) is 0 Å². The van der Waals surface area contributed by atoms with E-state index in [1.807, 2.05) is 6.92 Å². The summed E-state index contributed by atoms with van der Waals surface area (Å²) in [5, 5.41) is 12.5. The summed E-state index contributed by atoms with van der Waals surface area (Å²) in [7, 11) is 0. The van der Waals surface area contributed by atoms with Crippen LogP contribution >= 0.6 is 15.9 Å². The molecule has 0 aliphatic heterocycles. The van der Waals surface area contributed by atoms with E-state index in [1.54, 1.807) is 32.9 Å². The first-order chi connectivity index (χ1) is 10.6. The second kappa shape index (κ2) is 8.11. The molecule has 0 radical (unpaired) electrons. The topological polar surface area (TPSA) is 58.6 Å². The lowest BCUT2D eigenvalue weighted by Gasteiger charge is -2.32. The van der Waals surface area contributed by atoms with Gasteiger partial charge in [0.2, 0.25) is 0 Å². The number of rotatable bonds is 6. The Labute approximate surface area is 145 Å². The zero-order valence-electron chi connectivity index (χ0n) is 14.1. The monoisotopic (exact) mass is 389 g/mol. The summed E-state index contributed by atoms with van der Waals surface area (Å²) >= 11 is 3.24. The molecule has 6 heteroatoms. The number of carbonyl (C=O) groups is 1. The van der Waals surface area contributed by atoms with Crippen molar-refractivity contribution < 1.29 is 19.0 Å². The van der Waals surface area contributed by atoms with Crippen molar-refractivity contribution in [1.82, 2.24) is 5.32 Å². The van der Waals surface area contributed by atoms with Gasteiger partial charge in [0, 0.05) is 12.0 Å². The average Bonchev–Trinajstić information content (AvgIpc) is 2.46. The van der Waals surface area contributed by atoms with E-state index in [2.05, 4.69) is 21.2 Å². The van der Waals surface area contributed by atoms with Crippen LogP contribution in [0, 0.1) is 11.2 Å². The summed E-state index contributed by atoms with van der Waals surface area (Å²) in [6.07, 6.45) is 0.540. The fourth-order valence-corrected chi connectivity index (χ4v) is 2.60. The molecule has 1 unspecified atom stereocenters. The Kier molecular flexibility index (Phi) is 7.02. The van der Waals surface area contributed by atoms with Gasteiger partial charge in [-0.2, -0.15) is 0 Å². The molecule has 4 nitrogen and oxygen atoms in total. The van der Waals surface area contributed by atoms with E-state index in [0.717, 1.165) is 5.56 Å². The SMILES string of the molecule is CCC(CO)(CNC(=O)OC(C)(C)C)Cc1cccc(F)c1Br. The number of halogens is 2. The highest BCUT2D eigenvalue weighted by atomic mass is 79.9. The summed E-state index contributed by atoms with van der Waals surface area (Å²) in [6, 6.07) is 4.81. The molecule has 0 aliphatic rings. The van der Waals surface area contributed by atoms with Gasteiger partial charge in [0.1, 0.15) is 11.4 Å². The molecular weight excluding hydrogens is 365 g/mol. The van der Waals surface area contributed by atoms with Crippen LogP contribution in [0.25, 0.3) is 0 Å². The molecule has 1 amide bonds. The molecule has 23 heavy (non-hydrogen) atoms. The number of ether oxygens (including phenoxy) is 1. The Morgan fingerprint density at radius 3 is 2.57 bits per heavy atom. The number of amides is 1. The lowest BCUT2D eigenvalue weighted by molar-refractivity contribution is 0.0461. The van der Waals surface area contributed by atoms with Crippen molar-refractivity contribution in [1.29, 1.82) is 0 Å². The number of hydrogen-bond acceptors (Lipinski definition) is 3. The highest BCUT2D eigenvalue weighted by Gasteiger charge is 2.30. The van der Waals surface area contributed by atoms with Crippen molar-refractivity contribution in [3.8, 4) is 0 Å². The van der Waals surface area contributed by atoms with Gasteiger partial charge in [-0.1, -0.05) is 19.1 Å². The van der Waals surface area contributed by atoms with Crippen molar-refractivity contribution in [2.24, 2.45) is 5.41 Å². The van der Waals surface area contributed by atoms with Crippen LogP contribution < -0.4 is 5.32 Å². The van der Waals surface area contributed by atoms with Crippen molar-refractivity contribution in [3.63, 3.8) is 0 Å². The number of benzene rings is 1. The average molecular weight is 390 g/mol. The molecule has 0 aliphatic carbocycles. The van der Waals surface area contributed by atoms with Crippen LogP contribution in [0.5, 0.6) is 0 Å². The molecule has 1 aromatic carbocycles. The minimum atomic E-state index is -0.580. The number of hydrogen-bond donors (Lipinski definition) is 2. The van der Waals surface area contributed by atoms with Gasteiger partial charge >= 0.3 is 6.09 Å². The van der Waals surface area contributed by atoms with Crippen molar-refractivity contribution in [2.45, 2.75) is 46.1 Å². The van der Waals surface area contributed by atoms with E-state index in [9.17, 15) is 14.3 Å². The second-order valence-corrected chi connectivity index (χ2v) is 7.55. The largest absolute Gasteiger partial charge is 0.444 e. The van der Waals surface area contributed by atoms with E-state index >= 15 is 0 Å².